The van der Waals surface area contributed by atoms with Crippen molar-refractivity contribution in [2.24, 2.45) is 0 Å². The van der Waals surface area contributed by atoms with Gasteiger partial charge in [0, 0.05) is 5.75 Å². The quantitative estimate of drug-likeness (QED) is 0.696. The van der Waals surface area contributed by atoms with Crippen molar-refractivity contribution >= 4 is 17.9 Å². The Morgan fingerprint density at radius 1 is 1.64 bits per heavy atom. The van der Waals surface area contributed by atoms with Crippen LogP contribution in [0.5, 0.6) is 0 Å². The van der Waals surface area contributed by atoms with Crippen molar-refractivity contribution in [3.05, 3.63) is 11.4 Å². The summed E-state index contributed by atoms with van der Waals surface area (Å²) in [6, 6.07) is 0. The molecule has 5 nitrogen and oxygen atoms in total. The summed E-state index contributed by atoms with van der Waals surface area (Å²) in [5.41, 5.74) is 1.58. The number of aromatic nitrogens is 3. The summed E-state index contributed by atoms with van der Waals surface area (Å²) in [6.07, 6.45) is 0.225. The lowest BCUT2D eigenvalue weighted by atomic mass is 10.3. The molecule has 14 heavy (non-hydrogen) atoms. The SMILES string of the molecule is CCSn1nnc(C)c1CC(=O)OC. The molecule has 0 amide bonds. The maximum absolute atomic E-state index is 11.1. The number of esters is 1. The molecule has 1 aromatic rings. The summed E-state index contributed by atoms with van der Waals surface area (Å²) >= 11 is 1.51. The number of rotatable bonds is 4. The second-order valence-corrected chi connectivity index (χ2v) is 3.85. The van der Waals surface area contributed by atoms with E-state index < -0.39 is 0 Å². The third-order valence-corrected chi connectivity index (χ3v) is 2.51. The van der Waals surface area contributed by atoms with Gasteiger partial charge in [0.1, 0.15) is 0 Å². The van der Waals surface area contributed by atoms with Crippen molar-refractivity contribution in [2.45, 2.75) is 20.3 Å². The molecule has 0 saturated heterocycles. The Bertz CT molecular complexity index is 324. The maximum Gasteiger partial charge on any atom is 0.311 e. The van der Waals surface area contributed by atoms with Crippen LogP contribution < -0.4 is 0 Å². The van der Waals surface area contributed by atoms with Crippen molar-refractivity contribution in [1.29, 1.82) is 0 Å². The van der Waals surface area contributed by atoms with Crippen molar-refractivity contribution < 1.29 is 9.53 Å². The van der Waals surface area contributed by atoms with Gasteiger partial charge in [-0.3, -0.25) is 4.79 Å². The molecule has 0 bridgehead atoms. The predicted octanol–water partition coefficient (Wildman–Crippen LogP) is 0.818. The maximum atomic E-state index is 11.1. The van der Waals surface area contributed by atoms with Gasteiger partial charge >= 0.3 is 5.97 Å². The standard InChI is InChI=1S/C8H13N3O2S/c1-4-14-11-7(5-8(12)13-3)6(2)9-10-11/h4-5H2,1-3H3. The van der Waals surface area contributed by atoms with Crippen LogP contribution in [0.1, 0.15) is 18.3 Å². The minimum absolute atomic E-state index is 0.225. The molecular weight excluding hydrogens is 202 g/mol. The van der Waals surface area contributed by atoms with Gasteiger partial charge in [0.25, 0.3) is 0 Å². The number of carbonyl (C=O) groups is 1. The summed E-state index contributed by atoms with van der Waals surface area (Å²) in [4.78, 5) is 11.1. The number of methoxy groups -OCH3 is 1. The lowest BCUT2D eigenvalue weighted by molar-refractivity contribution is -0.139. The fourth-order valence-corrected chi connectivity index (χ4v) is 1.67. The smallest absolute Gasteiger partial charge is 0.311 e. The van der Waals surface area contributed by atoms with E-state index >= 15 is 0 Å². The lowest BCUT2D eigenvalue weighted by Crippen LogP contribution is -2.09. The first-order valence-corrected chi connectivity index (χ1v) is 5.24. The third kappa shape index (κ3) is 2.47. The zero-order valence-corrected chi connectivity index (χ0v) is 9.30. The molecule has 1 aromatic heterocycles. The third-order valence-electron chi connectivity index (χ3n) is 1.72. The molecule has 0 aliphatic heterocycles. The summed E-state index contributed by atoms with van der Waals surface area (Å²) in [6.45, 7) is 3.85. The average Bonchev–Trinajstić information content (AvgIpc) is 2.50. The second kappa shape index (κ2) is 4.99. The molecule has 0 saturated carbocycles. The second-order valence-electron chi connectivity index (χ2n) is 2.67. The van der Waals surface area contributed by atoms with Crippen molar-refractivity contribution in [3.8, 4) is 0 Å². The average molecular weight is 215 g/mol. The van der Waals surface area contributed by atoms with Crippen LogP contribution in [0.3, 0.4) is 0 Å². The van der Waals surface area contributed by atoms with Crippen molar-refractivity contribution in [2.75, 3.05) is 12.9 Å². The molecule has 6 heteroatoms. The molecule has 0 unspecified atom stereocenters. The van der Waals surface area contributed by atoms with E-state index in [2.05, 4.69) is 15.0 Å². The Balaban J connectivity index is 2.82. The molecule has 0 radical (unpaired) electrons. The summed E-state index contributed by atoms with van der Waals surface area (Å²) in [5.74, 6) is 0.616. The zero-order chi connectivity index (χ0) is 10.6. The fourth-order valence-electron chi connectivity index (χ4n) is 0.988. The number of hydrogen-bond acceptors (Lipinski definition) is 5. The van der Waals surface area contributed by atoms with E-state index in [-0.39, 0.29) is 12.4 Å². The van der Waals surface area contributed by atoms with Gasteiger partial charge in [-0.15, -0.1) is 5.10 Å². The van der Waals surface area contributed by atoms with Crippen LogP contribution in [-0.2, 0) is 16.0 Å². The highest BCUT2D eigenvalue weighted by atomic mass is 32.2. The van der Waals surface area contributed by atoms with Crippen LogP contribution in [0.25, 0.3) is 0 Å². The first-order chi connectivity index (χ1) is 6.69. The van der Waals surface area contributed by atoms with Gasteiger partial charge in [-0.05, 0) is 18.9 Å². The molecule has 0 aromatic carbocycles. The van der Waals surface area contributed by atoms with Crippen LogP contribution in [0.15, 0.2) is 0 Å². The highest BCUT2D eigenvalue weighted by Gasteiger charge is 2.13. The predicted molar refractivity (Wildman–Crippen MR) is 54.0 cm³/mol. The van der Waals surface area contributed by atoms with E-state index in [1.165, 1.54) is 19.1 Å². The van der Waals surface area contributed by atoms with E-state index in [0.29, 0.717) is 0 Å². The van der Waals surface area contributed by atoms with Crippen LogP contribution in [0.2, 0.25) is 0 Å². The van der Waals surface area contributed by atoms with Crippen LogP contribution in [0.4, 0.5) is 0 Å². The summed E-state index contributed by atoms with van der Waals surface area (Å²) < 4.78 is 6.27. The zero-order valence-electron chi connectivity index (χ0n) is 8.48. The molecule has 0 N–H and O–H groups in total. The van der Waals surface area contributed by atoms with Gasteiger partial charge in [-0.1, -0.05) is 12.1 Å². The Morgan fingerprint density at radius 2 is 2.36 bits per heavy atom. The molecule has 0 aliphatic rings. The molecule has 0 spiro atoms. The number of nitrogens with zero attached hydrogens (tertiary/aromatic N) is 3. The summed E-state index contributed by atoms with van der Waals surface area (Å²) in [5, 5.41) is 7.82. The lowest BCUT2D eigenvalue weighted by Gasteiger charge is -2.02. The topological polar surface area (TPSA) is 57.0 Å². The molecule has 0 fully saturated rings. The molecular formula is C8H13N3O2S. The highest BCUT2D eigenvalue weighted by Crippen LogP contribution is 2.12. The van der Waals surface area contributed by atoms with Gasteiger partial charge in [0.05, 0.1) is 24.9 Å². The van der Waals surface area contributed by atoms with Crippen molar-refractivity contribution in [3.63, 3.8) is 0 Å². The van der Waals surface area contributed by atoms with Gasteiger partial charge in [-0.25, -0.2) is 0 Å². The van der Waals surface area contributed by atoms with E-state index in [0.717, 1.165) is 17.1 Å². The fraction of sp³-hybridized carbons (Fsp3) is 0.625. The van der Waals surface area contributed by atoms with E-state index in [1.54, 1.807) is 4.09 Å². The Morgan fingerprint density at radius 3 is 2.93 bits per heavy atom. The van der Waals surface area contributed by atoms with Gasteiger partial charge < -0.3 is 4.74 Å². The Labute approximate surface area is 86.9 Å². The van der Waals surface area contributed by atoms with E-state index in [9.17, 15) is 4.79 Å². The minimum Gasteiger partial charge on any atom is -0.469 e. The van der Waals surface area contributed by atoms with Gasteiger partial charge in [0.15, 0.2) is 0 Å². The number of aryl methyl sites for hydroxylation is 1. The van der Waals surface area contributed by atoms with Crippen LogP contribution in [-0.4, -0.2) is 33.2 Å². The Kier molecular flexibility index (Phi) is 3.94. The number of carbonyl (C=O) groups excluding carboxylic acids is 1. The highest BCUT2D eigenvalue weighted by molar-refractivity contribution is 7.97. The minimum atomic E-state index is -0.270. The van der Waals surface area contributed by atoms with E-state index in [1.807, 2.05) is 13.8 Å². The molecule has 1 heterocycles. The van der Waals surface area contributed by atoms with Crippen LogP contribution in [0, 0.1) is 6.92 Å². The van der Waals surface area contributed by atoms with Gasteiger partial charge in [0.2, 0.25) is 0 Å². The van der Waals surface area contributed by atoms with Gasteiger partial charge in [-0.2, -0.15) is 4.09 Å². The number of ether oxygens (including phenoxy) is 1. The Hall–Kier alpha value is -1.04. The first kappa shape index (κ1) is 11.0. The molecule has 1 rings (SSSR count). The molecule has 0 aliphatic carbocycles. The first-order valence-electron chi connectivity index (χ1n) is 4.30. The largest absolute Gasteiger partial charge is 0.469 e. The van der Waals surface area contributed by atoms with Crippen LogP contribution >= 0.6 is 11.9 Å². The number of hydrogen-bond donors (Lipinski definition) is 0. The van der Waals surface area contributed by atoms with E-state index in [4.69, 9.17) is 0 Å². The van der Waals surface area contributed by atoms with Crippen molar-refractivity contribution in [1.82, 2.24) is 14.4 Å². The normalized spacial score (nSPS) is 10.2. The summed E-state index contributed by atoms with van der Waals surface area (Å²) in [7, 11) is 1.37. The molecule has 78 valence electrons. The molecule has 0 atom stereocenters. The monoisotopic (exact) mass is 215 g/mol.